The molecule has 8 heteroatoms. The summed E-state index contributed by atoms with van der Waals surface area (Å²) in [6.07, 6.45) is 1.63. The second-order valence-corrected chi connectivity index (χ2v) is 9.18. The number of ketones is 2. The Morgan fingerprint density at radius 2 is 1.47 bits per heavy atom. The van der Waals surface area contributed by atoms with Gasteiger partial charge in [0, 0.05) is 11.1 Å². The van der Waals surface area contributed by atoms with Crippen molar-refractivity contribution in [3.63, 3.8) is 0 Å². The number of rotatable bonds is 4. The number of halogens is 1. The van der Waals surface area contributed by atoms with Gasteiger partial charge in [0.25, 0.3) is 0 Å². The van der Waals surface area contributed by atoms with Crippen molar-refractivity contribution in [1.82, 2.24) is 5.01 Å². The van der Waals surface area contributed by atoms with Gasteiger partial charge in [-0.15, -0.1) is 0 Å². The van der Waals surface area contributed by atoms with E-state index in [1.807, 2.05) is 24.3 Å². The van der Waals surface area contributed by atoms with Crippen LogP contribution in [0.5, 0.6) is 0 Å². The summed E-state index contributed by atoms with van der Waals surface area (Å²) in [6, 6.07) is 17.2. The Hall–Kier alpha value is -4.46. The van der Waals surface area contributed by atoms with Crippen LogP contribution in [0.2, 0.25) is 0 Å². The van der Waals surface area contributed by atoms with E-state index in [1.165, 1.54) is 31.2 Å². The van der Waals surface area contributed by atoms with Crippen LogP contribution in [-0.4, -0.2) is 40.6 Å². The molecule has 178 valence electrons. The molecule has 0 bridgehead atoms. The fourth-order valence-electron chi connectivity index (χ4n) is 5.55. The van der Waals surface area contributed by atoms with Gasteiger partial charge in [-0.05, 0) is 66.6 Å². The van der Waals surface area contributed by atoms with Gasteiger partial charge in [-0.25, -0.2) is 9.29 Å². The van der Waals surface area contributed by atoms with E-state index in [9.17, 15) is 23.6 Å². The van der Waals surface area contributed by atoms with Crippen LogP contribution in [-0.2, 0) is 9.59 Å². The monoisotopic (exact) mass is 481 g/mol. The summed E-state index contributed by atoms with van der Waals surface area (Å²) in [5, 5.41) is 6.08. The topological polar surface area (TPSA) is 87.1 Å². The van der Waals surface area contributed by atoms with E-state index in [0.717, 1.165) is 16.0 Å². The highest BCUT2D eigenvalue weighted by Gasteiger charge is 2.65. The van der Waals surface area contributed by atoms with Crippen molar-refractivity contribution in [2.45, 2.75) is 19.0 Å². The predicted octanol–water partition coefficient (Wildman–Crippen LogP) is 3.79. The fourth-order valence-corrected chi connectivity index (χ4v) is 5.55. The number of fused-ring (bicyclic) bond motifs is 5. The van der Waals surface area contributed by atoms with Gasteiger partial charge in [-0.1, -0.05) is 24.3 Å². The number of anilines is 1. The lowest BCUT2D eigenvalue weighted by Crippen LogP contribution is -2.44. The molecule has 0 radical (unpaired) electrons. The number of hydrazone groups is 1. The summed E-state index contributed by atoms with van der Waals surface area (Å²) >= 11 is 0. The molecule has 3 aliphatic heterocycles. The average Bonchev–Trinajstić information content (AvgIpc) is 3.36. The number of imide groups is 1. The van der Waals surface area contributed by atoms with Crippen molar-refractivity contribution in [3.8, 4) is 0 Å². The lowest BCUT2D eigenvalue weighted by atomic mass is 9.83. The van der Waals surface area contributed by atoms with Crippen LogP contribution in [0.1, 0.15) is 44.8 Å². The normalized spacial score (nSPS) is 23.9. The molecule has 0 spiro atoms. The van der Waals surface area contributed by atoms with Crippen LogP contribution >= 0.6 is 0 Å². The van der Waals surface area contributed by atoms with Gasteiger partial charge in [0.05, 0.1) is 29.8 Å². The Balaban J connectivity index is 1.47. The maximum Gasteiger partial charge on any atom is 0.240 e. The van der Waals surface area contributed by atoms with Crippen molar-refractivity contribution in [2.75, 3.05) is 4.90 Å². The first-order chi connectivity index (χ1) is 17.4. The summed E-state index contributed by atoms with van der Waals surface area (Å²) in [5.41, 5.74) is 2.67. The van der Waals surface area contributed by atoms with Crippen LogP contribution in [0.25, 0.3) is 0 Å². The standard InChI is InChI=1S/C28H20FN3O4/c1-15(33)16-8-12-20(13-9-16)31-27(35)22-23(28(31)36)25(26(34)17-6-10-19(29)11-7-17)32-24(22)21-5-3-2-4-18(21)14-30-32/h2-14,22-25H,1H3/t22-,23-,24+,25+/m1/s1. The number of carbonyl (C=O) groups is 4. The Kier molecular flexibility index (Phi) is 4.93. The van der Waals surface area contributed by atoms with Gasteiger partial charge in [-0.2, -0.15) is 5.10 Å². The molecule has 2 amide bonds. The molecular formula is C28H20FN3O4. The molecule has 36 heavy (non-hydrogen) atoms. The SMILES string of the molecule is CC(=O)c1ccc(N2C(=O)[C@@H]3[C@@H](C2=O)[C@@H]2c4ccccc4C=NN2[C@@H]3C(=O)c2ccc(F)cc2)cc1. The highest BCUT2D eigenvalue weighted by molar-refractivity contribution is 6.24. The number of Topliss-reactive ketones (excluding diaryl/α,β-unsaturated/α-hetero) is 2. The van der Waals surface area contributed by atoms with Crippen LogP contribution in [0.4, 0.5) is 10.1 Å². The Labute approximate surface area is 205 Å². The third-order valence-corrected chi connectivity index (χ3v) is 7.22. The van der Waals surface area contributed by atoms with E-state index in [2.05, 4.69) is 5.10 Å². The van der Waals surface area contributed by atoms with E-state index < -0.39 is 47.3 Å². The Morgan fingerprint density at radius 1 is 0.833 bits per heavy atom. The van der Waals surface area contributed by atoms with E-state index >= 15 is 0 Å². The third-order valence-electron chi connectivity index (χ3n) is 7.22. The summed E-state index contributed by atoms with van der Waals surface area (Å²) in [7, 11) is 0. The fraction of sp³-hybridized carbons (Fsp3) is 0.179. The first kappa shape index (κ1) is 22.0. The molecule has 7 nitrogen and oxygen atoms in total. The van der Waals surface area contributed by atoms with Crippen LogP contribution < -0.4 is 4.90 Å². The molecule has 2 fully saturated rings. The lowest BCUT2D eigenvalue weighted by Gasteiger charge is -2.33. The smallest absolute Gasteiger partial charge is 0.240 e. The summed E-state index contributed by atoms with van der Waals surface area (Å²) in [6.45, 7) is 1.44. The van der Waals surface area contributed by atoms with Gasteiger partial charge in [-0.3, -0.25) is 24.2 Å². The number of carbonyl (C=O) groups excluding carboxylic acids is 4. The third kappa shape index (κ3) is 3.14. The van der Waals surface area contributed by atoms with Gasteiger partial charge in [0.2, 0.25) is 11.8 Å². The second-order valence-electron chi connectivity index (χ2n) is 9.18. The minimum Gasteiger partial charge on any atom is -0.295 e. The summed E-state index contributed by atoms with van der Waals surface area (Å²) in [4.78, 5) is 54.2. The van der Waals surface area contributed by atoms with E-state index in [-0.39, 0.29) is 11.3 Å². The molecule has 4 atom stereocenters. The molecule has 0 unspecified atom stereocenters. The molecule has 0 N–H and O–H groups in total. The molecule has 2 saturated heterocycles. The van der Waals surface area contributed by atoms with Gasteiger partial charge < -0.3 is 0 Å². The molecule has 6 rings (SSSR count). The van der Waals surface area contributed by atoms with Crippen molar-refractivity contribution in [1.29, 1.82) is 0 Å². The van der Waals surface area contributed by atoms with Crippen molar-refractivity contribution in [3.05, 3.63) is 101 Å². The number of hydrogen-bond acceptors (Lipinski definition) is 6. The molecule has 0 aliphatic carbocycles. The van der Waals surface area contributed by atoms with Gasteiger partial charge >= 0.3 is 0 Å². The maximum absolute atomic E-state index is 13.8. The molecule has 3 heterocycles. The summed E-state index contributed by atoms with van der Waals surface area (Å²) in [5.74, 6) is -3.74. The van der Waals surface area contributed by atoms with Crippen molar-refractivity contribution < 1.29 is 23.6 Å². The first-order valence-corrected chi connectivity index (χ1v) is 11.6. The molecule has 3 aromatic carbocycles. The van der Waals surface area contributed by atoms with E-state index in [0.29, 0.717) is 11.3 Å². The number of benzene rings is 3. The number of hydrogen-bond donors (Lipinski definition) is 0. The zero-order valence-corrected chi connectivity index (χ0v) is 19.2. The second kappa shape index (κ2) is 8.05. The highest BCUT2D eigenvalue weighted by Crippen LogP contribution is 2.53. The van der Waals surface area contributed by atoms with Gasteiger partial charge in [0.1, 0.15) is 11.9 Å². The van der Waals surface area contributed by atoms with Crippen LogP contribution in [0, 0.1) is 17.7 Å². The number of amides is 2. The van der Waals surface area contributed by atoms with E-state index in [4.69, 9.17) is 0 Å². The quantitative estimate of drug-likeness (QED) is 0.418. The molecule has 0 saturated carbocycles. The first-order valence-electron chi connectivity index (χ1n) is 11.6. The average molecular weight is 481 g/mol. The molecule has 0 aromatic heterocycles. The predicted molar refractivity (Wildman–Crippen MR) is 129 cm³/mol. The maximum atomic E-state index is 13.8. The molecule has 3 aliphatic rings. The molecular weight excluding hydrogens is 461 g/mol. The minimum absolute atomic E-state index is 0.130. The minimum atomic E-state index is -1.03. The lowest BCUT2D eigenvalue weighted by molar-refractivity contribution is -0.124. The van der Waals surface area contributed by atoms with Crippen molar-refractivity contribution >= 4 is 35.3 Å². The zero-order valence-electron chi connectivity index (χ0n) is 19.2. The highest BCUT2D eigenvalue weighted by atomic mass is 19.1. The zero-order chi connectivity index (χ0) is 25.1. The van der Waals surface area contributed by atoms with Crippen molar-refractivity contribution in [2.24, 2.45) is 16.9 Å². The van der Waals surface area contributed by atoms with E-state index in [1.54, 1.807) is 35.5 Å². The number of nitrogens with zero attached hydrogens (tertiary/aromatic N) is 3. The van der Waals surface area contributed by atoms with Gasteiger partial charge in [0.15, 0.2) is 11.6 Å². The Bertz CT molecular complexity index is 1460. The summed E-state index contributed by atoms with van der Waals surface area (Å²) < 4.78 is 13.5. The largest absolute Gasteiger partial charge is 0.295 e. The Morgan fingerprint density at radius 3 is 2.17 bits per heavy atom. The van der Waals surface area contributed by atoms with Crippen LogP contribution in [0.15, 0.2) is 77.9 Å². The molecule has 3 aromatic rings. The van der Waals surface area contributed by atoms with Crippen LogP contribution in [0.3, 0.4) is 0 Å².